The molecule has 2 aromatic rings. The van der Waals surface area contributed by atoms with Crippen molar-refractivity contribution in [3.63, 3.8) is 0 Å². The van der Waals surface area contributed by atoms with Crippen molar-refractivity contribution < 1.29 is 4.39 Å². The summed E-state index contributed by atoms with van der Waals surface area (Å²) in [5.41, 5.74) is 2.30. The zero-order valence-electron chi connectivity index (χ0n) is 8.89. The van der Waals surface area contributed by atoms with Gasteiger partial charge in [-0.2, -0.15) is 0 Å². The van der Waals surface area contributed by atoms with Crippen LogP contribution in [0.2, 0.25) is 0 Å². The molecule has 1 heterocycles. The molecule has 0 atom stereocenters. The van der Waals surface area contributed by atoms with E-state index < -0.39 is 0 Å². The van der Waals surface area contributed by atoms with Gasteiger partial charge in [0, 0.05) is 23.5 Å². The fourth-order valence-corrected chi connectivity index (χ4v) is 1.42. The summed E-state index contributed by atoms with van der Waals surface area (Å²) < 4.78 is 13.2. The lowest BCUT2D eigenvalue weighted by Crippen LogP contribution is -1.85. The second kappa shape index (κ2) is 4.66. The molecule has 3 heteroatoms. The Hall–Kier alpha value is -2.03. The van der Waals surface area contributed by atoms with Gasteiger partial charge in [0.15, 0.2) is 0 Å². The van der Waals surface area contributed by atoms with Crippen molar-refractivity contribution in [1.82, 2.24) is 9.97 Å². The maximum Gasteiger partial charge on any atom is 0.126 e. The molecule has 1 aromatic carbocycles. The number of rotatable bonds is 2. The Labute approximate surface area is 93.5 Å². The first-order valence-corrected chi connectivity index (χ1v) is 5.00. The van der Waals surface area contributed by atoms with Gasteiger partial charge in [-0.3, -0.25) is 9.97 Å². The molecule has 1 aromatic heterocycles. The number of benzene rings is 1. The molecule has 2 nitrogen and oxygen atoms in total. The molecule has 0 saturated carbocycles. The van der Waals surface area contributed by atoms with Crippen molar-refractivity contribution in [3.05, 3.63) is 54.5 Å². The van der Waals surface area contributed by atoms with Crippen molar-refractivity contribution >= 4 is 5.83 Å². The molecule has 0 fully saturated rings. The maximum absolute atomic E-state index is 13.2. The summed E-state index contributed by atoms with van der Waals surface area (Å²) in [4.78, 5) is 8.16. The minimum Gasteiger partial charge on any atom is -0.261 e. The Bertz CT molecular complexity index is 489. The molecule has 0 saturated heterocycles. The maximum atomic E-state index is 13.2. The van der Waals surface area contributed by atoms with E-state index >= 15 is 0 Å². The third-order valence-corrected chi connectivity index (χ3v) is 2.27. The summed E-state index contributed by atoms with van der Waals surface area (Å²) in [6.07, 6.45) is 6.38. The van der Waals surface area contributed by atoms with Crippen LogP contribution in [0.5, 0.6) is 0 Å². The third kappa shape index (κ3) is 2.14. The summed E-state index contributed by atoms with van der Waals surface area (Å²) in [7, 11) is 0. The van der Waals surface area contributed by atoms with Crippen LogP contribution in [0.1, 0.15) is 12.5 Å². The van der Waals surface area contributed by atoms with E-state index in [0.29, 0.717) is 5.56 Å². The summed E-state index contributed by atoms with van der Waals surface area (Å²) >= 11 is 0. The van der Waals surface area contributed by atoms with Crippen molar-refractivity contribution in [2.75, 3.05) is 0 Å². The molecular formula is C13H11FN2. The summed E-state index contributed by atoms with van der Waals surface area (Å²) in [6.45, 7) is 1.67. The average Bonchev–Trinajstić information content (AvgIpc) is 2.39. The van der Waals surface area contributed by atoms with Gasteiger partial charge in [0.25, 0.3) is 0 Å². The van der Waals surface area contributed by atoms with Crippen LogP contribution in [0.3, 0.4) is 0 Å². The molecule has 0 bridgehead atoms. The fraction of sp³-hybridized carbons (Fsp3) is 0.0769. The van der Waals surface area contributed by atoms with Gasteiger partial charge in [0.2, 0.25) is 0 Å². The third-order valence-electron chi connectivity index (χ3n) is 2.27. The lowest BCUT2D eigenvalue weighted by atomic mass is 10.1. The second-order valence-electron chi connectivity index (χ2n) is 3.30. The SMILES string of the molecule is C/C=C(/F)c1ccc(-c2cnccn2)cc1. The monoisotopic (exact) mass is 214 g/mol. The van der Waals surface area contributed by atoms with Crippen molar-refractivity contribution in [2.24, 2.45) is 0 Å². The Morgan fingerprint density at radius 1 is 1.19 bits per heavy atom. The fourth-order valence-electron chi connectivity index (χ4n) is 1.42. The van der Waals surface area contributed by atoms with E-state index in [4.69, 9.17) is 0 Å². The highest BCUT2D eigenvalue weighted by Gasteiger charge is 2.01. The van der Waals surface area contributed by atoms with E-state index in [1.807, 2.05) is 12.1 Å². The highest BCUT2D eigenvalue weighted by molar-refractivity contribution is 5.64. The zero-order valence-corrected chi connectivity index (χ0v) is 8.89. The van der Waals surface area contributed by atoms with Gasteiger partial charge in [-0.15, -0.1) is 0 Å². The Balaban J connectivity index is 2.34. The molecule has 0 aliphatic carbocycles. The smallest absolute Gasteiger partial charge is 0.126 e. The number of allylic oxidation sites excluding steroid dienone is 1. The van der Waals surface area contributed by atoms with Crippen LogP contribution in [-0.2, 0) is 0 Å². The minimum absolute atomic E-state index is 0.217. The molecule has 0 radical (unpaired) electrons. The molecule has 0 amide bonds. The topological polar surface area (TPSA) is 25.8 Å². The number of hydrogen-bond donors (Lipinski definition) is 0. The van der Waals surface area contributed by atoms with Gasteiger partial charge in [-0.25, -0.2) is 4.39 Å². The molecule has 0 aliphatic heterocycles. The highest BCUT2D eigenvalue weighted by atomic mass is 19.1. The lowest BCUT2D eigenvalue weighted by Gasteiger charge is -2.01. The van der Waals surface area contributed by atoms with Crippen LogP contribution in [0.15, 0.2) is 48.9 Å². The standard InChI is InChI=1S/C13H11FN2/c1-2-12(14)10-3-5-11(6-4-10)13-9-15-7-8-16-13/h2-9H,1H3/b12-2+. The van der Waals surface area contributed by atoms with Gasteiger partial charge in [-0.1, -0.05) is 30.3 Å². The van der Waals surface area contributed by atoms with Gasteiger partial charge in [0.05, 0.1) is 11.9 Å². The minimum atomic E-state index is -0.217. The zero-order chi connectivity index (χ0) is 11.4. The Kier molecular flexibility index (Phi) is 3.05. The van der Waals surface area contributed by atoms with Crippen LogP contribution >= 0.6 is 0 Å². The Morgan fingerprint density at radius 2 is 1.94 bits per heavy atom. The van der Waals surface area contributed by atoms with Crippen LogP contribution in [0.4, 0.5) is 4.39 Å². The van der Waals surface area contributed by atoms with Crippen LogP contribution in [0, 0.1) is 0 Å². The number of aromatic nitrogens is 2. The lowest BCUT2D eigenvalue weighted by molar-refractivity contribution is 0.758. The Morgan fingerprint density at radius 3 is 2.50 bits per heavy atom. The predicted molar refractivity (Wildman–Crippen MR) is 62.2 cm³/mol. The second-order valence-corrected chi connectivity index (χ2v) is 3.30. The van der Waals surface area contributed by atoms with Gasteiger partial charge < -0.3 is 0 Å². The molecule has 0 aliphatic rings. The first-order chi connectivity index (χ1) is 7.81. The summed E-state index contributed by atoms with van der Waals surface area (Å²) in [5.74, 6) is -0.217. The first-order valence-electron chi connectivity index (χ1n) is 5.00. The molecular weight excluding hydrogens is 203 g/mol. The van der Waals surface area contributed by atoms with E-state index in [2.05, 4.69) is 9.97 Å². The molecule has 2 rings (SSSR count). The predicted octanol–water partition coefficient (Wildman–Crippen LogP) is 3.47. The van der Waals surface area contributed by atoms with Crippen LogP contribution in [0.25, 0.3) is 17.1 Å². The normalized spacial score (nSPS) is 11.5. The van der Waals surface area contributed by atoms with Gasteiger partial charge in [-0.05, 0) is 6.92 Å². The van der Waals surface area contributed by atoms with Crippen molar-refractivity contribution in [3.8, 4) is 11.3 Å². The average molecular weight is 214 g/mol. The van der Waals surface area contributed by atoms with Crippen molar-refractivity contribution in [2.45, 2.75) is 6.92 Å². The van der Waals surface area contributed by atoms with Crippen LogP contribution < -0.4 is 0 Å². The number of nitrogens with zero attached hydrogens (tertiary/aromatic N) is 2. The molecule has 0 unspecified atom stereocenters. The van der Waals surface area contributed by atoms with Gasteiger partial charge >= 0.3 is 0 Å². The van der Waals surface area contributed by atoms with E-state index in [-0.39, 0.29) is 5.83 Å². The van der Waals surface area contributed by atoms with Crippen molar-refractivity contribution in [1.29, 1.82) is 0 Å². The van der Waals surface area contributed by atoms with Gasteiger partial charge in [0.1, 0.15) is 5.83 Å². The molecule has 80 valence electrons. The largest absolute Gasteiger partial charge is 0.261 e. The number of halogens is 1. The highest BCUT2D eigenvalue weighted by Crippen LogP contribution is 2.20. The van der Waals surface area contributed by atoms with E-state index in [1.165, 1.54) is 6.08 Å². The summed E-state index contributed by atoms with van der Waals surface area (Å²) in [5, 5.41) is 0. The van der Waals surface area contributed by atoms with Crippen LogP contribution in [-0.4, -0.2) is 9.97 Å². The van der Waals surface area contributed by atoms with E-state index in [0.717, 1.165) is 11.3 Å². The summed E-state index contributed by atoms with van der Waals surface area (Å²) in [6, 6.07) is 7.14. The quantitative estimate of drug-likeness (QED) is 0.764. The van der Waals surface area contributed by atoms with E-state index in [1.54, 1.807) is 37.6 Å². The molecule has 0 spiro atoms. The molecule has 0 N–H and O–H groups in total. The molecule has 16 heavy (non-hydrogen) atoms. The van der Waals surface area contributed by atoms with E-state index in [9.17, 15) is 4.39 Å². The first kappa shape index (κ1) is 10.5. The number of hydrogen-bond acceptors (Lipinski definition) is 2.